The van der Waals surface area contributed by atoms with Crippen molar-refractivity contribution in [2.45, 2.75) is 0 Å². The Morgan fingerprint density at radius 3 is 1.56 bits per heavy atom. The van der Waals surface area contributed by atoms with Crippen LogP contribution < -0.4 is 4.90 Å². The number of hydrogen-bond acceptors (Lipinski definition) is 2. The predicted octanol–water partition coefficient (Wildman–Crippen LogP) is 14.9. The summed E-state index contributed by atoms with van der Waals surface area (Å²) in [4.78, 5) is 2.36. The third-order valence-corrected chi connectivity index (χ3v) is 10.5. The zero-order valence-corrected chi connectivity index (χ0v) is 29.6. The monoisotopic (exact) mass is 689 g/mol. The van der Waals surface area contributed by atoms with Crippen LogP contribution in [0.25, 0.3) is 77.2 Å². The van der Waals surface area contributed by atoms with Crippen LogP contribution in [0.15, 0.2) is 217 Å². The van der Waals surface area contributed by atoms with Crippen LogP contribution in [0.2, 0.25) is 0 Å². The highest BCUT2D eigenvalue weighted by Gasteiger charge is 2.21. The maximum atomic E-state index is 6.65. The van der Waals surface area contributed by atoms with Crippen molar-refractivity contribution >= 4 is 49.8 Å². The topological polar surface area (TPSA) is 16.4 Å². The molecule has 254 valence electrons. The molecule has 10 rings (SSSR count). The molecule has 0 saturated heterocycles. The van der Waals surface area contributed by atoms with Crippen molar-refractivity contribution in [3.05, 3.63) is 212 Å². The molecule has 0 atom stereocenters. The summed E-state index contributed by atoms with van der Waals surface area (Å²) in [6, 6.07) is 75.8. The lowest BCUT2D eigenvalue weighted by Gasteiger charge is -2.27. The van der Waals surface area contributed by atoms with E-state index in [9.17, 15) is 0 Å². The van der Waals surface area contributed by atoms with E-state index in [2.05, 4.69) is 217 Å². The maximum Gasteiger partial charge on any atom is 0.143 e. The molecule has 0 radical (unpaired) electrons. The lowest BCUT2D eigenvalue weighted by molar-refractivity contribution is 0.672. The van der Waals surface area contributed by atoms with Crippen molar-refractivity contribution in [1.82, 2.24) is 0 Å². The number of hydrogen-bond donors (Lipinski definition) is 0. The Hall–Kier alpha value is -7.16. The number of anilines is 3. The smallest absolute Gasteiger partial charge is 0.143 e. The van der Waals surface area contributed by atoms with Crippen molar-refractivity contribution in [2.75, 3.05) is 4.90 Å². The predicted molar refractivity (Wildman–Crippen MR) is 228 cm³/mol. The molecule has 1 heterocycles. The highest BCUT2D eigenvalue weighted by Crippen LogP contribution is 2.45. The van der Waals surface area contributed by atoms with Crippen LogP contribution in [0, 0.1) is 0 Å². The molecule has 0 aliphatic heterocycles. The summed E-state index contributed by atoms with van der Waals surface area (Å²) in [5.74, 6) is 0. The fourth-order valence-electron chi connectivity index (χ4n) is 7.83. The van der Waals surface area contributed by atoms with Crippen LogP contribution in [0.3, 0.4) is 0 Å². The molecule has 2 heteroatoms. The quantitative estimate of drug-likeness (QED) is 0.166. The van der Waals surface area contributed by atoms with Crippen LogP contribution in [0.5, 0.6) is 0 Å². The van der Waals surface area contributed by atoms with Gasteiger partial charge in [0.2, 0.25) is 0 Å². The molecule has 0 unspecified atom stereocenters. The van der Waals surface area contributed by atoms with Gasteiger partial charge in [0.25, 0.3) is 0 Å². The fraction of sp³-hybridized carbons (Fsp3) is 0. The van der Waals surface area contributed by atoms with E-state index in [4.69, 9.17) is 4.42 Å². The van der Waals surface area contributed by atoms with Crippen LogP contribution >= 0.6 is 0 Å². The molecular weight excluding hydrogens is 655 g/mol. The van der Waals surface area contributed by atoms with Gasteiger partial charge >= 0.3 is 0 Å². The zero-order chi connectivity index (χ0) is 35.8. The van der Waals surface area contributed by atoms with E-state index in [1.165, 1.54) is 44.3 Å². The number of benzene rings is 9. The minimum absolute atomic E-state index is 0.868. The Kier molecular flexibility index (Phi) is 7.85. The Labute approximate surface area is 314 Å². The highest BCUT2D eigenvalue weighted by atomic mass is 16.3. The van der Waals surface area contributed by atoms with Gasteiger partial charge in [0.1, 0.15) is 11.2 Å². The summed E-state index contributed by atoms with van der Waals surface area (Å²) in [6.07, 6.45) is 0. The van der Waals surface area contributed by atoms with Gasteiger partial charge in [-0.3, -0.25) is 0 Å². The van der Waals surface area contributed by atoms with E-state index in [0.29, 0.717) is 0 Å². The maximum absolute atomic E-state index is 6.65. The third kappa shape index (κ3) is 5.62. The molecular formula is C52H35NO. The van der Waals surface area contributed by atoms with Crippen molar-refractivity contribution < 1.29 is 4.42 Å². The molecule has 0 N–H and O–H groups in total. The van der Waals surface area contributed by atoms with Gasteiger partial charge in [-0.1, -0.05) is 164 Å². The van der Waals surface area contributed by atoms with Crippen LogP contribution in [0.4, 0.5) is 17.1 Å². The van der Waals surface area contributed by atoms with Crippen LogP contribution in [-0.2, 0) is 0 Å². The molecule has 0 amide bonds. The fourth-order valence-corrected chi connectivity index (χ4v) is 7.83. The van der Waals surface area contributed by atoms with Crippen LogP contribution in [-0.4, -0.2) is 0 Å². The van der Waals surface area contributed by atoms with Crippen LogP contribution in [0.1, 0.15) is 0 Å². The van der Waals surface area contributed by atoms with Crippen molar-refractivity contribution in [2.24, 2.45) is 0 Å². The normalized spacial score (nSPS) is 11.3. The molecule has 1 aromatic heterocycles. The van der Waals surface area contributed by atoms with Crippen molar-refractivity contribution in [3.8, 4) is 44.5 Å². The molecule has 0 aliphatic carbocycles. The van der Waals surface area contributed by atoms with Crippen molar-refractivity contribution in [3.63, 3.8) is 0 Å². The van der Waals surface area contributed by atoms with Gasteiger partial charge in [0.15, 0.2) is 0 Å². The average molecular weight is 690 g/mol. The Balaban J connectivity index is 1.13. The van der Waals surface area contributed by atoms with E-state index in [1.807, 2.05) is 0 Å². The summed E-state index contributed by atoms with van der Waals surface area (Å²) in [5, 5.41) is 4.49. The highest BCUT2D eigenvalue weighted by molar-refractivity contribution is 6.19. The van der Waals surface area contributed by atoms with Gasteiger partial charge in [-0.05, 0) is 98.4 Å². The number of furan rings is 1. The molecule has 2 nitrogen and oxygen atoms in total. The van der Waals surface area contributed by atoms with Gasteiger partial charge in [-0.25, -0.2) is 0 Å². The first-order valence-corrected chi connectivity index (χ1v) is 18.4. The first-order chi connectivity index (χ1) is 26.8. The zero-order valence-electron chi connectivity index (χ0n) is 29.6. The lowest BCUT2D eigenvalue weighted by atomic mass is 9.91. The van der Waals surface area contributed by atoms with E-state index in [1.54, 1.807) is 0 Å². The van der Waals surface area contributed by atoms with Gasteiger partial charge in [0.05, 0.1) is 11.1 Å². The molecule has 0 bridgehead atoms. The Morgan fingerprint density at radius 2 is 0.870 bits per heavy atom. The van der Waals surface area contributed by atoms with Gasteiger partial charge in [0, 0.05) is 22.1 Å². The second-order valence-electron chi connectivity index (χ2n) is 13.7. The average Bonchev–Trinajstić information content (AvgIpc) is 3.65. The SMILES string of the molecule is c1ccc(-c2ccc(N(c3ccc(-c4ccc(-c5ccccc5)cc4-c4ccccc4)cc3)c3cccc4oc5c6ccccc6ccc5c34)cc2)cc1. The second-order valence-corrected chi connectivity index (χ2v) is 13.7. The molecule has 0 fully saturated rings. The minimum Gasteiger partial charge on any atom is -0.455 e. The molecule has 0 aliphatic rings. The molecule has 0 spiro atoms. The second kappa shape index (κ2) is 13.4. The van der Waals surface area contributed by atoms with Crippen molar-refractivity contribution in [1.29, 1.82) is 0 Å². The summed E-state index contributed by atoms with van der Waals surface area (Å²) in [7, 11) is 0. The van der Waals surface area contributed by atoms with Gasteiger partial charge in [-0.15, -0.1) is 0 Å². The number of fused-ring (bicyclic) bond motifs is 5. The number of nitrogens with zero attached hydrogens (tertiary/aromatic N) is 1. The summed E-state index contributed by atoms with van der Waals surface area (Å²) < 4.78 is 6.65. The van der Waals surface area contributed by atoms with Gasteiger partial charge in [-0.2, -0.15) is 0 Å². The number of rotatable bonds is 7. The molecule has 10 aromatic rings. The summed E-state index contributed by atoms with van der Waals surface area (Å²) in [6.45, 7) is 0. The largest absolute Gasteiger partial charge is 0.455 e. The van der Waals surface area contributed by atoms with E-state index < -0.39 is 0 Å². The molecule has 9 aromatic carbocycles. The standard InChI is InChI=1S/C52H35NO/c1-4-13-36(14-5-1)38-23-29-43(30-24-38)53(49-21-12-22-50-51(49)47-34-27-40-19-10-11-20-46(40)52(47)54-50)44-31-25-41(26-32-44)45-33-28-42(37-15-6-2-7-16-37)35-48(45)39-17-8-3-9-18-39/h1-35H. The van der Waals surface area contributed by atoms with Gasteiger partial charge < -0.3 is 9.32 Å². The van der Waals surface area contributed by atoms with E-state index >= 15 is 0 Å². The van der Waals surface area contributed by atoms with E-state index in [0.717, 1.165) is 50.0 Å². The lowest BCUT2D eigenvalue weighted by Crippen LogP contribution is -2.10. The first-order valence-electron chi connectivity index (χ1n) is 18.4. The Morgan fingerprint density at radius 1 is 0.333 bits per heavy atom. The Bertz CT molecular complexity index is 2890. The molecule has 0 saturated carbocycles. The summed E-state index contributed by atoms with van der Waals surface area (Å²) in [5.41, 5.74) is 14.5. The van der Waals surface area contributed by atoms with E-state index in [-0.39, 0.29) is 0 Å². The first kappa shape index (κ1) is 31.6. The molecule has 54 heavy (non-hydrogen) atoms. The third-order valence-electron chi connectivity index (χ3n) is 10.5. The minimum atomic E-state index is 0.868. The summed E-state index contributed by atoms with van der Waals surface area (Å²) >= 11 is 0.